The van der Waals surface area contributed by atoms with Crippen LogP contribution in [0.1, 0.15) is 16.8 Å². The van der Waals surface area contributed by atoms with Gasteiger partial charge in [0.15, 0.2) is 0 Å². The van der Waals surface area contributed by atoms with Crippen molar-refractivity contribution >= 4 is 17.6 Å². The molecule has 0 bridgehead atoms. The third-order valence-corrected chi connectivity index (χ3v) is 2.52. The van der Waals surface area contributed by atoms with Crippen LogP contribution in [0.25, 0.3) is 0 Å². The molecule has 0 aliphatic heterocycles. The molecule has 1 rings (SSSR count). The van der Waals surface area contributed by atoms with Crippen LogP contribution in [0.5, 0.6) is 5.75 Å². The summed E-state index contributed by atoms with van der Waals surface area (Å²) in [6.45, 7) is 0.602. The Balaban J connectivity index is 2.82. The number of aromatic carboxylic acids is 1. The highest BCUT2D eigenvalue weighted by Gasteiger charge is 2.13. The summed E-state index contributed by atoms with van der Waals surface area (Å²) < 4.78 is 4.96. The van der Waals surface area contributed by atoms with E-state index < -0.39 is 5.97 Å². The summed E-state index contributed by atoms with van der Waals surface area (Å²) in [6.07, 6.45) is 0.304. The number of amides is 1. The van der Waals surface area contributed by atoms with Crippen LogP contribution in [-0.4, -0.2) is 49.6 Å². The van der Waals surface area contributed by atoms with E-state index in [1.807, 2.05) is 19.0 Å². The maximum atomic E-state index is 11.7. The minimum absolute atomic E-state index is 0.0116. The number of nitrogens with zero attached hydrogens (tertiary/aromatic N) is 1. The quantitative estimate of drug-likeness (QED) is 0.811. The summed E-state index contributed by atoms with van der Waals surface area (Å²) in [4.78, 5) is 24.7. The van der Waals surface area contributed by atoms with Gasteiger partial charge in [0.25, 0.3) is 0 Å². The topological polar surface area (TPSA) is 78.9 Å². The molecule has 6 nitrogen and oxygen atoms in total. The maximum Gasteiger partial charge on any atom is 0.337 e. The fourth-order valence-corrected chi connectivity index (χ4v) is 1.47. The van der Waals surface area contributed by atoms with E-state index in [4.69, 9.17) is 9.84 Å². The summed E-state index contributed by atoms with van der Waals surface area (Å²) in [7, 11) is 5.18. The van der Waals surface area contributed by atoms with E-state index in [1.54, 1.807) is 6.07 Å². The summed E-state index contributed by atoms with van der Waals surface area (Å²) in [5.74, 6) is -0.896. The third-order valence-electron chi connectivity index (χ3n) is 2.52. The Hall–Kier alpha value is -2.08. The molecule has 0 heterocycles. The highest BCUT2D eigenvalue weighted by Crippen LogP contribution is 2.22. The Morgan fingerprint density at radius 3 is 2.58 bits per heavy atom. The number of carbonyl (C=O) groups is 2. The third kappa shape index (κ3) is 4.59. The normalized spacial score (nSPS) is 10.3. The molecule has 0 aromatic heterocycles. The van der Waals surface area contributed by atoms with E-state index in [2.05, 4.69) is 5.32 Å². The highest BCUT2D eigenvalue weighted by atomic mass is 16.5. The molecular weight excluding hydrogens is 248 g/mol. The van der Waals surface area contributed by atoms with E-state index in [0.717, 1.165) is 0 Å². The molecule has 0 saturated heterocycles. The van der Waals surface area contributed by atoms with Gasteiger partial charge in [0.05, 0.1) is 18.4 Å². The van der Waals surface area contributed by atoms with Gasteiger partial charge in [0.1, 0.15) is 5.75 Å². The second-order valence-electron chi connectivity index (χ2n) is 4.32. The minimum atomic E-state index is -1.11. The van der Waals surface area contributed by atoms with Crippen LogP contribution in [0, 0.1) is 0 Å². The predicted octanol–water partition coefficient (Wildman–Crippen LogP) is 1.28. The van der Waals surface area contributed by atoms with E-state index in [0.29, 0.717) is 18.7 Å². The second kappa shape index (κ2) is 6.75. The zero-order valence-corrected chi connectivity index (χ0v) is 11.3. The van der Waals surface area contributed by atoms with Gasteiger partial charge in [0.2, 0.25) is 5.91 Å². The van der Waals surface area contributed by atoms with Crippen LogP contribution in [0.3, 0.4) is 0 Å². The molecule has 0 unspecified atom stereocenters. The molecule has 0 spiro atoms. The van der Waals surface area contributed by atoms with Gasteiger partial charge in [-0.15, -0.1) is 0 Å². The van der Waals surface area contributed by atoms with Crippen LogP contribution in [0.4, 0.5) is 5.69 Å². The van der Waals surface area contributed by atoms with Crippen molar-refractivity contribution in [1.82, 2.24) is 4.90 Å². The molecule has 1 aromatic carbocycles. The van der Waals surface area contributed by atoms with E-state index in [9.17, 15) is 9.59 Å². The number of carboxylic acids is 1. The van der Waals surface area contributed by atoms with Crippen molar-refractivity contribution in [2.24, 2.45) is 0 Å². The molecule has 1 aromatic rings. The molecule has 0 fully saturated rings. The van der Waals surface area contributed by atoms with E-state index in [-0.39, 0.29) is 17.2 Å². The average molecular weight is 266 g/mol. The van der Waals surface area contributed by atoms with Crippen molar-refractivity contribution in [3.05, 3.63) is 23.8 Å². The molecule has 1 amide bonds. The number of carboxylic acid groups (broad SMARTS) is 1. The Morgan fingerprint density at radius 1 is 1.37 bits per heavy atom. The summed E-state index contributed by atoms with van der Waals surface area (Å²) in [5.41, 5.74) is 0.287. The lowest BCUT2D eigenvalue weighted by Gasteiger charge is -2.12. The summed E-state index contributed by atoms with van der Waals surface area (Å²) in [5, 5.41) is 11.7. The number of rotatable bonds is 6. The molecule has 0 aliphatic carbocycles. The molecule has 0 radical (unpaired) electrons. The average Bonchev–Trinajstić information content (AvgIpc) is 2.36. The zero-order valence-electron chi connectivity index (χ0n) is 11.3. The molecule has 0 saturated carbocycles. The predicted molar refractivity (Wildman–Crippen MR) is 71.8 cm³/mol. The summed E-state index contributed by atoms with van der Waals surface area (Å²) >= 11 is 0. The number of hydrogen-bond donors (Lipinski definition) is 2. The lowest BCUT2D eigenvalue weighted by Crippen LogP contribution is -2.21. The largest absolute Gasteiger partial charge is 0.497 e. The van der Waals surface area contributed by atoms with E-state index in [1.165, 1.54) is 19.2 Å². The van der Waals surface area contributed by atoms with Gasteiger partial charge in [-0.25, -0.2) is 4.79 Å². The highest BCUT2D eigenvalue weighted by molar-refractivity contribution is 6.00. The van der Waals surface area contributed by atoms with Gasteiger partial charge in [-0.3, -0.25) is 4.79 Å². The van der Waals surface area contributed by atoms with Crippen molar-refractivity contribution in [2.45, 2.75) is 6.42 Å². The molecule has 2 N–H and O–H groups in total. The number of carbonyl (C=O) groups excluding carboxylic acids is 1. The van der Waals surface area contributed by atoms with Gasteiger partial charge >= 0.3 is 5.97 Å². The smallest absolute Gasteiger partial charge is 0.337 e. The van der Waals surface area contributed by atoms with Gasteiger partial charge < -0.3 is 20.1 Å². The van der Waals surface area contributed by atoms with Crippen molar-refractivity contribution in [3.63, 3.8) is 0 Å². The van der Waals surface area contributed by atoms with Crippen molar-refractivity contribution in [3.8, 4) is 5.75 Å². The molecular formula is C13H18N2O4. The van der Waals surface area contributed by atoms with Gasteiger partial charge in [-0.2, -0.15) is 0 Å². The minimum Gasteiger partial charge on any atom is -0.497 e. The van der Waals surface area contributed by atoms with Crippen LogP contribution in [-0.2, 0) is 4.79 Å². The SMILES string of the molecule is COc1ccc(NC(=O)CCN(C)C)c(C(=O)O)c1. The number of nitrogens with one attached hydrogen (secondary N) is 1. The molecule has 19 heavy (non-hydrogen) atoms. The Morgan fingerprint density at radius 2 is 2.05 bits per heavy atom. The lowest BCUT2D eigenvalue weighted by molar-refractivity contribution is -0.116. The van der Waals surface area contributed by atoms with E-state index >= 15 is 0 Å². The number of anilines is 1. The first-order valence-electron chi connectivity index (χ1n) is 5.80. The second-order valence-corrected chi connectivity index (χ2v) is 4.32. The van der Waals surface area contributed by atoms with Gasteiger partial charge in [-0.05, 0) is 32.3 Å². The standard InChI is InChI=1S/C13H18N2O4/c1-15(2)7-6-12(16)14-11-5-4-9(19-3)8-10(11)13(17)18/h4-5,8H,6-7H2,1-3H3,(H,14,16)(H,17,18). The maximum absolute atomic E-state index is 11.7. The lowest BCUT2D eigenvalue weighted by atomic mass is 10.1. The zero-order chi connectivity index (χ0) is 14.4. The fraction of sp³-hybridized carbons (Fsp3) is 0.385. The van der Waals surface area contributed by atoms with Crippen LogP contribution in [0.15, 0.2) is 18.2 Å². The Labute approximate surface area is 112 Å². The number of ether oxygens (including phenoxy) is 1. The van der Waals surface area contributed by atoms with Crippen molar-refractivity contribution < 1.29 is 19.4 Å². The van der Waals surface area contributed by atoms with Crippen LogP contribution < -0.4 is 10.1 Å². The molecule has 6 heteroatoms. The first-order valence-corrected chi connectivity index (χ1v) is 5.80. The number of hydrogen-bond acceptors (Lipinski definition) is 4. The summed E-state index contributed by atoms with van der Waals surface area (Å²) in [6, 6.07) is 4.51. The van der Waals surface area contributed by atoms with Crippen LogP contribution >= 0.6 is 0 Å². The van der Waals surface area contributed by atoms with Crippen molar-refractivity contribution in [1.29, 1.82) is 0 Å². The van der Waals surface area contributed by atoms with Crippen LogP contribution in [0.2, 0.25) is 0 Å². The monoisotopic (exact) mass is 266 g/mol. The number of benzene rings is 1. The fourth-order valence-electron chi connectivity index (χ4n) is 1.47. The van der Waals surface area contributed by atoms with Gasteiger partial charge in [-0.1, -0.05) is 0 Å². The number of methoxy groups -OCH3 is 1. The molecule has 0 aliphatic rings. The first-order chi connectivity index (χ1) is 8.93. The molecule has 0 atom stereocenters. The van der Waals surface area contributed by atoms with Crippen molar-refractivity contribution in [2.75, 3.05) is 33.1 Å². The Kier molecular flexibility index (Phi) is 5.32. The molecule has 104 valence electrons. The van der Waals surface area contributed by atoms with Gasteiger partial charge in [0, 0.05) is 13.0 Å². The first kappa shape index (κ1) is 15.0. The Bertz CT molecular complexity index is 472.